The predicted molar refractivity (Wildman–Crippen MR) is 120 cm³/mol. The maximum Gasteiger partial charge on any atom is 0.326 e. The van der Waals surface area contributed by atoms with Gasteiger partial charge in [-0.2, -0.15) is 4.98 Å². The lowest BCUT2D eigenvalue weighted by atomic mass is 9.92. The summed E-state index contributed by atoms with van der Waals surface area (Å²) in [5.74, 6) is -2.55. The van der Waals surface area contributed by atoms with Gasteiger partial charge in [0.2, 0.25) is 11.8 Å². The van der Waals surface area contributed by atoms with Gasteiger partial charge in [0.15, 0.2) is 0 Å². The lowest BCUT2D eigenvalue weighted by Gasteiger charge is -2.22. The van der Waals surface area contributed by atoms with Crippen LogP contribution in [0.2, 0.25) is 0 Å². The molecule has 1 amide bonds. The Morgan fingerprint density at radius 3 is 2.38 bits per heavy atom. The first kappa shape index (κ1) is 23.2. The number of methoxy groups -OCH3 is 2. The molecule has 1 unspecified atom stereocenters. The number of amides is 1. The van der Waals surface area contributed by atoms with Crippen LogP contribution in [0.3, 0.4) is 0 Å². The largest absolute Gasteiger partial charge is 0.481 e. The molecule has 0 spiro atoms. The van der Waals surface area contributed by atoms with Gasteiger partial charge < -0.3 is 19.5 Å². The smallest absolute Gasteiger partial charge is 0.326 e. The van der Waals surface area contributed by atoms with E-state index in [0.717, 1.165) is 12.1 Å². The first-order valence-corrected chi connectivity index (χ1v) is 10.6. The van der Waals surface area contributed by atoms with Gasteiger partial charge in [0, 0.05) is 35.4 Å². The summed E-state index contributed by atoms with van der Waals surface area (Å²) >= 11 is 0. The molecule has 1 aliphatic rings. The SMILES string of the molecule is COc1ccc(-c2ccc(C(=O)N3CCCC3C(=O)O)cc2-c2ccc(F)cc2F)c(OC)n1. The molecule has 1 N–H and O–H groups in total. The van der Waals surface area contributed by atoms with E-state index in [-0.39, 0.29) is 17.0 Å². The Bertz CT molecular complexity index is 1260. The van der Waals surface area contributed by atoms with Crippen molar-refractivity contribution in [2.45, 2.75) is 18.9 Å². The van der Waals surface area contributed by atoms with Crippen molar-refractivity contribution in [3.8, 4) is 34.0 Å². The van der Waals surface area contributed by atoms with Crippen LogP contribution in [-0.2, 0) is 4.79 Å². The second kappa shape index (κ2) is 9.46. The number of ether oxygens (including phenoxy) is 2. The molecule has 1 atom stereocenters. The Labute approximate surface area is 194 Å². The maximum absolute atomic E-state index is 14.9. The molecule has 1 aliphatic heterocycles. The van der Waals surface area contributed by atoms with E-state index < -0.39 is 29.6 Å². The zero-order chi connectivity index (χ0) is 24.4. The monoisotopic (exact) mass is 468 g/mol. The molecule has 1 fully saturated rings. The first-order valence-electron chi connectivity index (χ1n) is 10.6. The van der Waals surface area contributed by atoms with Crippen LogP contribution in [0.1, 0.15) is 23.2 Å². The quantitative estimate of drug-likeness (QED) is 0.577. The molecule has 34 heavy (non-hydrogen) atoms. The van der Waals surface area contributed by atoms with Crippen molar-refractivity contribution < 1.29 is 33.0 Å². The average molecular weight is 468 g/mol. The Balaban J connectivity index is 1.88. The molecule has 7 nitrogen and oxygen atoms in total. The van der Waals surface area contributed by atoms with Crippen LogP contribution in [0.4, 0.5) is 8.78 Å². The van der Waals surface area contributed by atoms with Crippen molar-refractivity contribution in [2.24, 2.45) is 0 Å². The van der Waals surface area contributed by atoms with E-state index in [4.69, 9.17) is 9.47 Å². The minimum Gasteiger partial charge on any atom is -0.481 e. The molecule has 1 saturated heterocycles. The fourth-order valence-corrected chi connectivity index (χ4v) is 4.17. The predicted octanol–water partition coefficient (Wildman–Crippen LogP) is 4.40. The average Bonchev–Trinajstić information content (AvgIpc) is 3.33. The second-order valence-corrected chi connectivity index (χ2v) is 7.79. The highest BCUT2D eigenvalue weighted by Crippen LogP contribution is 2.39. The second-order valence-electron chi connectivity index (χ2n) is 7.79. The molecule has 1 aromatic heterocycles. The minimum atomic E-state index is -1.07. The van der Waals surface area contributed by atoms with Crippen LogP contribution in [-0.4, -0.2) is 53.7 Å². The number of hydrogen-bond donors (Lipinski definition) is 1. The molecule has 0 saturated carbocycles. The fourth-order valence-electron chi connectivity index (χ4n) is 4.17. The van der Waals surface area contributed by atoms with Gasteiger partial charge in [0.1, 0.15) is 17.7 Å². The lowest BCUT2D eigenvalue weighted by Crippen LogP contribution is -2.40. The van der Waals surface area contributed by atoms with Crippen molar-refractivity contribution in [3.05, 3.63) is 65.7 Å². The number of carbonyl (C=O) groups excluding carboxylic acids is 1. The van der Waals surface area contributed by atoms with Crippen molar-refractivity contribution in [3.63, 3.8) is 0 Å². The first-order chi connectivity index (χ1) is 16.3. The normalized spacial score (nSPS) is 15.3. The number of aromatic nitrogens is 1. The molecule has 0 bridgehead atoms. The maximum atomic E-state index is 14.9. The number of rotatable bonds is 6. The van der Waals surface area contributed by atoms with E-state index in [1.165, 1.54) is 31.3 Å². The summed E-state index contributed by atoms with van der Waals surface area (Å²) in [6.45, 7) is 0.314. The van der Waals surface area contributed by atoms with Gasteiger partial charge in [-0.15, -0.1) is 0 Å². The van der Waals surface area contributed by atoms with E-state index >= 15 is 0 Å². The van der Waals surface area contributed by atoms with E-state index in [0.29, 0.717) is 42.0 Å². The molecule has 2 aromatic carbocycles. The molecule has 4 rings (SSSR count). The minimum absolute atomic E-state index is 0.0696. The van der Waals surface area contributed by atoms with E-state index in [1.807, 2.05) is 0 Å². The zero-order valence-electron chi connectivity index (χ0n) is 18.5. The van der Waals surface area contributed by atoms with Gasteiger partial charge in [-0.3, -0.25) is 4.79 Å². The molecular formula is C25H22F2N2O5. The Hall–Kier alpha value is -4.01. The number of nitrogens with zero attached hydrogens (tertiary/aromatic N) is 2. The highest BCUT2D eigenvalue weighted by molar-refractivity contribution is 6.00. The van der Waals surface area contributed by atoms with Gasteiger partial charge in [-0.1, -0.05) is 6.07 Å². The van der Waals surface area contributed by atoms with Crippen LogP contribution >= 0.6 is 0 Å². The number of carboxylic acids is 1. The van der Waals surface area contributed by atoms with Gasteiger partial charge in [0.25, 0.3) is 5.91 Å². The van der Waals surface area contributed by atoms with Crippen LogP contribution in [0.5, 0.6) is 11.8 Å². The Morgan fingerprint density at radius 2 is 1.71 bits per heavy atom. The number of carboxylic acid groups (broad SMARTS) is 1. The number of benzene rings is 2. The standard InChI is InChI=1S/C25H22F2N2O5/c1-33-22-10-9-18(23(28-22)34-2)16-7-5-14(24(30)29-11-3-4-21(29)25(31)32)12-19(16)17-8-6-15(26)13-20(17)27/h5-10,12-13,21H,3-4,11H2,1-2H3,(H,31,32). The molecular weight excluding hydrogens is 446 g/mol. The van der Waals surface area contributed by atoms with E-state index in [9.17, 15) is 23.5 Å². The van der Waals surface area contributed by atoms with E-state index in [1.54, 1.807) is 24.3 Å². The molecule has 0 radical (unpaired) electrons. The topological polar surface area (TPSA) is 89.0 Å². The van der Waals surface area contributed by atoms with Gasteiger partial charge in [-0.25, -0.2) is 13.6 Å². The summed E-state index contributed by atoms with van der Waals surface area (Å²) in [7, 11) is 2.89. The van der Waals surface area contributed by atoms with Gasteiger partial charge in [-0.05, 0) is 54.3 Å². The van der Waals surface area contributed by atoms with Crippen molar-refractivity contribution in [2.75, 3.05) is 20.8 Å². The highest BCUT2D eigenvalue weighted by atomic mass is 19.1. The molecule has 9 heteroatoms. The van der Waals surface area contributed by atoms with Crippen molar-refractivity contribution in [1.82, 2.24) is 9.88 Å². The molecule has 3 aromatic rings. The number of hydrogen-bond acceptors (Lipinski definition) is 5. The summed E-state index contributed by atoms with van der Waals surface area (Å²) in [5.41, 5.74) is 1.56. The third-order valence-electron chi connectivity index (χ3n) is 5.81. The third-order valence-corrected chi connectivity index (χ3v) is 5.81. The fraction of sp³-hybridized carbons (Fsp3) is 0.240. The van der Waals surface area contributed by atoms with Gasteiger partial charge >= 0.3 is 5.97 Å². The highest BCUT2D eigenvalue weighted by Gasteiger charge is 2.34. The van der Waals surface area contributed by atoms with E-state index in [2.05, 4.69) is 4.98 Å². The third kappa shape index (κ3) is 4.28. The van der Waals surface area contributed by atoms with Crippen LogP contribution in [0, 0.1) is 11.6 Å². The Morgan fingerprint density at radius 1 is 0.971 bits per heavy atom. The molecule has 176 valence electrons. The van der Waals surface area contributed by atoms with Gasteiger partial charge in [0.05, 0.1) is 14.2 Å². The van der Waals surface area contributed by atoms with Crippen LogP contribution in [0.25, 0.3) is 22.3 Å². The number of pyridine rings is 1. The summed E-state index contributed by atoms with van der Waals surface area (Å²) in [6.07, 6.45) is 0.947. The number of likely N-dealkylation sites (tertiary alicyclic amines) is 1. The van der Waals surface area contributed by atoms with Crippen LogP contribution < -0.4 is 9.47 Å². The number of halogens is 2. The van der Waals surface area contributed by atoms with Crippen molar-refractivity contribution in [1.29, 1.82) is 0 Å². The lowest BCUT2D eigenvalue weighted by molar-refractivity contribution is -0.141. The summed E-state index contributed by atoms with van der Waals surface area (Å²) in [6, 6.07) is 10.2. The summed E-state index contributed by atoms with van der Waals surface area (Å²) in [5, 5.41) is 9.46. The zero-order valence-corrected chi connectivity index (χ0v) is 18.5. The van der Waals surface area contributed by atoms with Crippen molar-refractivity contribution >= 4 is 11.9 Å². The summed E-state index contributed by atoms with van der Waals surface area (Å²) < 4.78 is 39.0. The molecule has 2 heterocycles. The summed E-state index contributed by atoms with van der Waals surface area (Å²) in [4.78, 5) is 30.3. The number of carbonyl (C=O) groups is 2. The Kier molecular flexibility index (Phi) is 6.45. The van der Waals surface area contributed by atoms with Crippen LogP contribution in [0.15, 0.2) is 48.5 Å². The number of aliphatic carboxylic acids is 1. The molecule has 0 aliphatic carbocycles.